The first-order chi connectivity index (χ1) is 7.77. The molecular weight excluding hydrogens is 222 g/mol. The van der Waals surface area contributed by atoms with Gasteiger partial charge in [0.1, 0.15) is 0 Å². The zero-order valence-electron chi connectivity index (χ0n) is 10.3. The van der Waals surface area contributed by atoms with E-state index in [0.29, 0.717) is 0 Å². The Kier molecular flexibility index (Phi) is 6.33. The normalized spacial score (nSPS) is 10.7. The van der Waals surface area contributed by atoms with Gasteiger partial charge in [-0.2, -0.15) is 11.8 Å². The van der Waals surface area contributed by atoms with Crippen LogP contribution in [0.25, 0.3) is 0 Å². The lowest BCUT2D eigenvalue weighted by atomic mass is 10.4. The second-order valence-corrected chi connectivity index (χ2v) is 4.65. The van der Waals surface area contributed by atoms with E-state index in [0.717, 1.165) is 43.5 Å². The van der Waals surface area contributed by atoms with E-state index in [1.165, 1.54) is 0 Å². The van der Waals surface area contributed by atoms with E-state index in [4.69, 9.17) is 4.74 Å². The molecule has 0 aromatic carbocycles. The summed E-state index contributed by atoms with van der Waals surface area (Å²) in [5, 5.41) is 3.34. The van der Waals surface area contributed by atoms with Gasteiger partial charge in [0.15, 0.2) is 0 Å². The van der Waals surface area contributed by atoms with E-state index in [-0.39, 0.29) is 0 Å². The third-order valence-corrected chi connectivity index (χ3v) is 2.83. The van der Waals surface area contributed by atoms with Crippen molar-refractivity contribution in [3.8, 4) is 0 Å². The summed E-state index contributed by atoms with van der Waals surface area (Å²) < 4.78 is 7.19. The number of anilines is 1. The lowest BCUT2D eigenvalue weighted by Gasteiger charge is -2.08. The van der Waals surface area contributed by atoms with Gasteiger partial charge < -0.3 is 14.6 Å². The molecule has 0 unspecified atom stereocenters. The first-order valence-corrected chi connectivity index (χ1v) is 6.93. The van der Waals surface area contributed by atoms with E-state index < -0.39 is 0 Å². The standard InChI is InChI=1S/C11H21N3OS/c1-10-9-14(6-8-16-3)11(13-10)12-5-4-7-15-2/h9H,4-8H2,1-3H3,(H,12,13). The first kappa shape index (κ1) is 13.4. The first-order valence-electron chi connectivity index (χ1n) is 5.53. The van der Waals surface area contributed by atoms with Gasteiger partial charge >= 0.3 is 0 Å². The highest BCUT2D eigenvalue weighted by molar-refractivity contribution is 7.98. The molecule has 16 heavy (non-hydrogen) atoms. The number of nitrogens with zero attached hydrogens (tertiary/aromatic N) is 2. The van der Waals surface area contributed by atoms with Crippen LogP contribution in [-0.4, -0.2) is 41.8 Å². The van der Waals surface area contributed by atoms with Gasteiger partial charge in [-0.3, -0.25) is 0 Å². The SMILES string of the molecule is COCCCNc1nc(C)cn1CCSC. The molecule has 0 saturated heterocycles. The number of hydrogen-bond donors (Lipinski definition) is 1. The summed E-state index contributed by atoms with van der Waals surface area (Å²) in [5.41, 5.74) is 1.07. The Hall–Kier alpha value is -0.680. The third-order valence-electron chi connectivity index (χ3n) is 2.24. The number of hydrogen-bond acceptors (Lipinski definition) is 4. The minimum Gasteiger partial charge on any atom is -0.385 e. The molecule has 4 nitrogen and oxygen atoms in total. The van der Waals surface area contributed by atoms with Crippen molar-refractivity contribution in [3.63, 3.8) is 0 Å². The molecule has 0 aliphatic rings. The van der Waals surface area contributed by atoms with Gasteiger partial charge in [-0.15, -0.1) is 0 Å². The van der Waals surface area contributed by atoms with Crippen LogP contribution in [0, 0.1) is 6.92 Å². The van der Waals surface area contributed by atoms with Crippen molar-refractivity contribution in [1.82, 2.24) is 9.55 Å². The second kappa shape index (κ2) is 7.57. The van der Waals surface area contributed by atoms with Gasteiger partial charge in [0.2, 0.25) is 5.95 Å². The molecule has 0 bridgehead atoms. The van der Waals surface area contributed by atoms with E-state index in [1.54, 1.807) is 7.11 Å². The Morgan fingerprint density at radius 3 is 3.06 bits per heavy atom. The molecule has 1 N–H and O–H groups in total. The maximum atomic E-state index is 5.01. The van der Waals surface area contributed by atoms with E-state index >= 15 is 0 Å². The van der Waals surface area contributed by atoms with E-state index in [2.05, 4.69) is 27.3 Å². The Bertz CT molecular complexity index is 301. The van der Waals surface area contributed by atoms with Crippen LogP contribution in [0.15, 0.2) is 6.20 Å². The molecule has 0 saturated carbocycles. The van der Waals surface area contributed by atoms with Crippen molar-refractivity contribution >= 4 is 17.7 Å². The Labute approximate surface area is 102 Å². The monoisotopic (exact) mass is 243 g/mol. The predicted molar refractivity (Wildman–Crippen MR) is 70.3 cm³/mol. The Morgan fingerprint density at radius 2 is 2.38 bits per heavy atom. The van der Waals surface area contributed by atoms with E-state index in [9.17, 15) is 0 Å². The smallest absolute Gasteiger partial charge is 0.203 e. The van der Waals surface area contributed by atoms with Crippen LogP contribution >= 0.6 is 11.8 Å². The van der Waals surface area contributed by atoms with Crippen molar-refractivity contribution in [1.29, 1.82) is 0 Å². The molecule has 0 aliphatic heterocycles. The maximum Gasteiger partial charge on any atom is 0.203 e. The lowest BCUT2D eigenvalue weighted by molar-refractivity contribution is 0.197. The number of nitrogens with one attached hydrogen (secondary N) is 1. The quantitative estimate of drug-likeness (QED) is 0.709. The summed E-state index contributed by atoms with van der Waals surface area (Å²) in [4.78, 5) is 4.46. The summed E-state index contributed by atoms with van der Waals surface area (Å²) in [5.74, 6) is 2.09. The zero-order valence-corrected chi connectivity index (χ0v) is 11.1. The van der Waals surface area contributed by atoms with Crippen LogP contribution in [0.2, 0.25) is 0 Å². The summed E-state index contributed by atoms with van der Waals surface area (Å²) in [6, 6.07) is 0. The fourth-order valence-corrected chi connectivity index (χ4v) is 1.84. The molecule has 92 valence electrons. The molecule has 1 aromatic heterocycles. The summed E-state index contributed by atoms with van der Waals surface area (Å²) in [7, 11) is 1.73. The summed E-state index contributed by atoms with van der Waals surface area (Å²) in [6.45, 7) is 4.73. The topological polar surface area (TPSA) is 39.1 Å². The van der Waals surface area contributed by atoms with Gasteiger partial charge in [0.25, 0.3) is 0 Å². The minimum atomic E-state index is 0.789. The highest BCUT2D eigenvalue weighted by Crippen LogP contribution is 2.09. The summed E-state index contributed by atoms with van der Waals surface area (Å²) >= 11 is 1.85. The largest absolute Gasteiger partial charge is 0.385 e. The van der Waals surface area contributed by atoms with Gasteiger partial charge in [-0.25, -0.2) is 4.98 Å². The Balaban J connectivity index is 2.43. The van der Waals surface area contributed by atoms with Gasteiger partial charge in [0.05, 0.1) is 5.69 Å². The average Bonchev–Trinajstić information content (AvgIpc) is 2.62. The van der Waals surface area contributed by atoms with Gasteiger partial charge in [-0.1, -0.05) is 0 Å². The van der Waals surface area contributed by atoms with Gasteiger partial charge in [-0.05, 0) is 19.6 Å². The summed E-state index contributed by atoms with van der Waals surface area (Å²) in [6.07, 6.45) is 5.22. The van der Waals surface area contributed by atoms with Crippen molar-refractivity contribution in [3.05, 3.63) is 11.9 Å². The molecule has 1 heterocycles. The molecule has 0 aliphatic carbocycles. The molecule has 5 heteroatoms. The van der Waals surface area contributed by atoms with Crippen LogP contribution in [0.1, 0.15) is 12.1 Å². The number of imidazole rings is 1. The van der Waals surface area contributed by atoms with Crippen LogP contribution in [0.4, 0.5) is 5.95 Å². The predicted octanol–water partition coefficient (Wildman–Crippen LogP) is 2.00. The Morgan fingerprint density at radius 1 is 1.56 bits per heavy atom. The van der Waals surface area contributed by atoms with Crippen molar-refractivity contribution < 1.29 is 4.74 Å². The number of aryl methyl sites for hydroxylation is 2. The fourth-order valence-electron chi connectivity index (χ4n) is 1.46. The highest BCUT2D eigenvalue weighted by atomic mass is 32.2. The van der Waals surface area contributed by atoms with E-state index in [1.807, 2.05) is 18.7 Å². The number of thioether (sulfide) groups is 1. The minimum absolute atomic E-state index is 0.789. The molecule has 1 rings (SSSR count). The highest BCUT2D eigenvalue weighted by Gasteiger charge is 2.03. The lowest BCUT2D eigenvalue weighted by Crippen LogP contribution is -2.11. The number of aromatic nitrogens is 2. The van der Waals surface area contributed by atoms with Gasteiger partial charge in [0, 0.05) is 38.8 Å². The molecule has 1 aromatic rings. The molecular formula is C11H21N3OS. The third kappa shape index (κ3) is 4.45. The zero-order chi connectivity index (χ0) is 11.8. The van der Waals surface area contributed by atoms with Crippen LogP contribution in [0.5, 0.6) is 0 Å². The second-order valence-electron chi connectivity index (χ2n) is 3.67. The maximum absolute atomic E-state index is 5.01. The average molecular weight is 243 g/mol. The van der Waals surface area contributed by atoms with Crippen molar-refractivity contribution in [2.75, 3.05) is 37.6 Å². The van der Waals surface area contributed by atoms with Crippen LogP contribution < -0.4 is 5.32 Å². The van der Waals surface area contributed by atoms with Crippen molar-refractivity contribution in [2.45, 2.75) is 19.9 Å². The number of rotatable bonds is 8. The molecule has 0 radical (unpaired) electrons. The van der Waals surface area contributed by atoms with Crippen LogP contribution in [0.3, 0.4) is 0 Å². The molecule has 0 spiro atoms. The fraction of sp³-hybridized carbons (Fsp3) is 0.727. The molecule has 0 atom stereocenters. The molecule has 0 fully saturated rings. The molecule has 0 amide bonds. The van der Waals surface area contributed by atoms with Crippen LogP contribution in [-0.2, 0) is 11.3 Å². The number of methoxy groups -OCH3 is 1. The van der Waals surface area contributed by atoms with Crippen molar-refractivity contribution in [2.24, 2.45) is 0 Å². The number of ether oxygens (including phenoxy) is 1.